The number of carbonyl (C=O) groups is 4. The van der Waals surface area contributed by atoms with Gasteiger partial charge in [0.1, 0.15) is 0 Å². The summed E-state index contributed by atoms with van der Waals surface area (Å²) in [5, 5.41) is 63.1. The largest absolute Gasteiger partial charge is 2.00 e. The van der Waals surface area contributed by atoms with Gasteiger partial charge in [-0.05, 0) is 18.1 Å². The molecule has 4 unspecified atom stereocenters. The fourth-order valence-corrected chi connectivity index (χ4v) is 3.53. The topological polar surface area (TPSA) is 246 Å². The molecule has 0 aromatic heterocycles. The van der Waals surface area contributed by atoms with Crippen molar-refractivity contribution < 1.29 is 84.0 Å². The second-order valence-corrected chi connectivity index (χ2v) is 8.43. The van der Waals surface area contributed by atoms with E-state index in [4.69, 9.17) is 30.6 Å². The number of hydrogen-bond acceptors (Lipinski definition) is 6. The molecule has 0 aromatic carbocycles. The number of rotatable bonds is 4. The molecule has 3 fully saturated rings. The summed E-state index contributed by atoms with van der Waals surface area (Å²) >= 11 is 0. The van der Waals surface area contributed by atoms with Crippen molar-refractivity contribution in [2.75, 3.05) is 33.9 Å². The van der Waals surface area contributed by atoms with E-state index in [1.165, 1.54) is 12.3 Å². The van der Waals surface area contributed by atoms with Crippen molar-refractivity contribution in [2.45, 2.75) is 82.0 Å². The molecule has 4 heterocycles. The third kappa shape index (κ3) is 24.6. The Morgan fingerprint density at radius 3 is 1.02 bits per heavy atom. The van der Waals surface area contributed by atoms with Gasteiger partial charge in [-0.1, -0.05) is 76.0 Å². The fourth-order valence-electron chi connectivity index (χ4n) is 3.53. The van der Waals surface area contributed by atoms with Crippen LogP contribution in [0.4, 0.5) is 0 Å². The van der Waals surface area contributed by atoms with Crippen molar-refractivity contribution in [3.8, 4) is 0 Å². The molecule has 0 aromatic rings. The molecule has 4 rings (SSSR count). The predicted molar refractivity (Wildman–Crippen MR) is 150 cm³/mol. The van der Waals surface area contributed by atoms with E-state index in [1.54, 1.807) is 12.2 Å². The van der Waals surface area contributed by atoms with Crippen LogP contribution in [0, 0.1) is 0 Å². The molecule has 14 nitrogen and oxygen atoms in total. The van der Waals surface area contributed by atoms with E-state index in [2.05, 4.69) is 21.3 Å². The Labute approximate surface area is 268 Å². The first-order chi connectivity index (χ1) is 19.2. The van der Waals surface area contributed by atoms with E-state index in [0.29, 0.717) is 0 Å². The minimum absolute atomic E-state index is 0. The summed E-state index contributed by atoms with van der Waals surface area (Å²) in [7, 11) is 2.00. The van der Waals surface area contributed by atoms with Gasteiger partial charge in [-0.25, -0.2) is 0 Å². The van der Waals surface area contributed by atoms with Crippen molar-refractivity contribution in [2.24, 2.45) is 0 Å². The zero-order valence-electron chi connectivity index (χ0n) is 23.9. The predicted octanol–water partition coefficient (Wildman–Crippen LogP) is 3.10. The van der Waals surface area contributed by atoms with Crippen molar-refractivity contribution in [3.63, 3.8) is 0 Å². The average Bonchev–Trinajstić information content (AvgIpc) is 3.02. The molecule has 4 aliphatic heterocycles. The number of allylic oxidation sites excluding steroid dienone is 2. The summed E-state index contributed by atoms with van der Waals surface area (Å²) in [6.07, 6.45) is 14.8. The standard InChI is InChI=1S/3C6H10NO2.C6H6NO2.2CH4O.2Fe/c4*8-6(9)5-3-1-2-4-7-5;2*1-2;;/h3*5H,1-4H2,(H,8,9);1-5H,(H,8,9);2*2H,1H3;;/q4*-1;;;2*+2. The van der Waals surface area contributed by atoms with Crippen LogP contribution in [0.1, 0.15) is 57.8 Å². The molecular formula is C26H44Fe2N4O10. The zero-order valence-corrected chi connectivity index (χ0v) is 26.1. The van der Waals surface area contributed by atoms with E-state index >= 15 is 0 Å². The van der Waals surface area contributed by atoms with Gasteiger partial charge in [0.25, 0.3) is 23.9 Å². The second-order valence-electron chi connectivity index (χ2n) is 8.43. The first kappa shape index (κ1) is 46.9. The monoisotopic (exact) mass is 684 g/mol. The molecule has 4 atom stereocenters. The number of piperidine rings is 3. The second kappa shape index (κ2) is 31.9. The molecule has 244 valence electrons. The van der Waals surface area contributed by atoms with E-state index in [0.717, 1.165) is 91.6 Å². The molecule has 4 aliphatic rings. The molecule has 0 aliphatic carbocycles. The zero-order chi connectivity index (χ0) is 30.8. The van der Waals surface area contributed by atoms with Crippen molar-refractivity contribution in [1.82, 2.24) is 0 Å². The SMILES string of the molecule is CO.CO.O=C(O)C1C=CC=C[N-]1.O=C(O)C1CCCC[N-]1.O=C(O)C1CCCC[N-]1.O=C(O)C1CCCC[N-]1.[Fe+2].[Fe+2]. The molecule has 0 amide bonds. The van der Waals surface area contributed by atoms with Crippen molar-refractivity contribution >= 4 is 23.9 Å². The van der Waals surface area contributed by atoms with Crippen molar-refractivity contribution in [3.05, 3.63) is 45.7 Å². The number of aliphatic hydroxyl groups excluding tert-OH is 2. The van der Waals surface area contributed by atoms with E-state index < -0.39 is 48.0 Å². The van der Waals surface area contributed by atoms with Crippen LogP contribution in [0.25, 0.3) is 21.3 Å². The Morgan fingerprint density at radius 2 is 0.881 bits per heavy atom. The minimum atomic E-state index is -0.907. The summed E-state index contributed by atoms with van der Waals surface area (Å²) in [5.41, 5.74) is 0. The number of carboxylic acids is 4. The number of aliphatic carboxylic acids is 4. The molecule has 0 spiro atoms. The van der Waals surface area contributed by atoms with Crippen LogP contribution in [-0.2, 0) is 53.3 Å². The normalized spacial score (nSPS) is 23.1. The van der Waals surface area contributed by atoms with Gasteiger partial charge < -0.3 is 51.9 Å². The summed E-state index contributed by atoms with van der Waals surface area (Å²) in [6, 6.07) is -1.88. The summed E-state index contributed by atoms with van der Waals surface area (Å²) in [4.78, 5) is 41.0. The maximum Gasteiger partial charge on any atom is 2.00 e. The first-order valence-electron chi connectivity index (χ1n) is 13.1. The Morgan fingerprint density at radius 1 is 0.548 bits per heavy atom. The van der Waals surface area contributed by atoms with Gasteiger partial charge >= 0.3 is 34.1 Å². The quantitative estimate of drug-likeness (QED) is 0.236. The summed E-state index contributed by atoms with van der Waals surface area (Å²) < 4.78 is 0. The van der Waals surface area contributed by atoms with Gasteiger partial charge in [-0.2, -0.15) is 6.20 Å². The number of nitrogens with zero attached hydrogens (tertiary/aromatic N) is 4. The van der Waals surface area contributed by atoms with Gasteiger partial charge in [-0.3, -0.25) is 19.2 Å². The molecule has 3 saturated heterocycles. The maximum absolute atomic E-state index is 10.3. The first-order valence-corrected chi connectivity index (χ1v) is 13.1. The number of hydrogen-bond donors (Lipinski definition) is 6. The van der Waals surface area contributed by atoms with Crippen molar-refractivity contribution in [1.29, 1.82) is 0 Å². The Balaban J connectivity index is -0.000000217. The van der Waals surface area contributed by atoms with Gasteiger partial charge in [0.05, 0.1) is 0 Å². The number of carboxylic acid groups (broad SMARTS) is 4. The maximum atomic E-state index is 10.3. The Bertz CT molecular complexity index is 691. The van der Waals surface area contributed by atoms with E-state index in [-0.39, 0.29) is 34.1 Å². The molecule has 0 saturated carbocycles. The van der Waals surface area contributed by atoms with Gasteiger partial charge in [0, 0.05) is 20.3 Å². The third-order valence-electron chi connectivity index (χ3n) is 5.55. The van der Waals surface area contributed by atoms with Crippen LogP contribution in [0.3, 0.4) is 0 Å². The Kier molecular flexibility index (Phi) is 35.7. The molecule has 0 radical (unpaired) electrons. The average molecular weight is 684 g/mol. The van der Waals surface area contributed by atoms with Crippen LogP contribution in [0.5, 0.6) is 0 Å². The van der Waals surface area contributed by atoms with Crippen LogP contribution in [0.2, 0.25) is 0 Å². The third-order valence-corrected chi connectivity index (χ3v) is 5.55. The van der Waals surface area contributed by atoms with Crippen LogP contribution < -0.4 is 0 Å². The summed E-state index contributed by atoms with van der Waals surface area (Å²) in [5.74, 6) is -3.21. The van der Waals surface area contributed by atoms with Gasteiger partial charge in [0.2, 0.25) is 0 Å². The molecule has 42 heavy (non-hydrogen) atoms. The molecule has 6 N–H and O–H groups in total. The van der Waals surface area contributed by atoms with Crippen LogP contribution in [0.15, 0.2) is 24.4 Å². The number of aliphatic hydroxyl groups is 2. The minimum Gasteiger partial charge on any atom is -0.676 e. The fraction of sp³-hybridized carbons (Fsp3) is 0.692. The molecular weight excluding hydrogens is 640 g/mol. The Hall–Kier alpha value is -2.00. The van der Waals surface area contributed by atoms with Crippen LogP contribution >= 0.6 is 0 Å². The van der Waals surface area contributed by atoms with Gasteiger partial charge in [-0.15, -0.1) is 19.6 Å². The van der Waals surface area contributed by atoms with E-state index in [1.807, 2.05) is 0 Å². The molecule has 16 heteroatoms. The summed E-state index contributed by atoms with van der Waals surface area (Å²) in [6.45, 7) is 2.20. The smallest absolute Gasteiger partial charge is 0.676 e. The molecule has 0 bridgehead atoms. The van der Waals surface area contributed by atoms with E-state index in [9.17, 15) is 19.2 Å². The van der Waals surface area contributed by atoms with Gasteiger partial charge in [0.15, 0.2) is 0 Å². The van der Waals surface area contributed by atoms with Crippen LogP contribution in [-0.4, -0.2) is 113 Å².